The monoisotopic (exact) mass is 382 g/mol. The van der Waals surface area contributed by atoms with Crippen LogP contribution in [0.1, 0.15) is 27.8 Å². The molecule has 28 heavy (non-hydrogen) atoms. The summed E-state index contributed by atoms with van der Waals surface area (Å²) in [5.74, 6) is -1.02. The molecule has 3 aromatic rings. The highest BCUT2D eigenvalue weighted by molar-refractivity contribution is 5.99. The summed E-state index contributed by atoms with van der Waals surface area (Å²) < 4.78 is 15.3. The van der Waals surface area contributed by atoms with Crippen molar-refractivity contribution in [3.8, 4) is 11.5 Å². The molecule has 1 aromatic heterocycles. The quantitative estimate of drug-likeness (QED) is 0.630. The van der Waals surface area contributed by atoms with Crippen LogP contribution in [0.4, 0.5) is 5.82 Å². The average molecular weight is 382 g/mol. The predicted octanol–water partition coefficient (Wildman–Crippen LogP) is 3.23. The number of esters is 1. The Bertz CT molecular complexity index is 983. The third-order valence-electron chi connectivity index (χ3n) is 3.88. The summed E-state index contributed by atoms with van der Waals surface area (Å²) in [6.45, 7) is 1.68. The fourth-order valence-corrected chi connectivity index (χ4v) is 2.54. The van der Waals surface area contributed by atoms with Gasteiger partial charge in [0.1, 0.15) is 11.3 Å². The number of methoxy groups -OCH3 is 1. The number of aromatic nitrogens is 1. The summed E-state index contributed by atoms with van der Waals surface area (Å²) in [6.07, 6.45) is -1.27. The van der Waals surface area contributed by atoms with E-state index in [4.69, 9.17) is 14.0 Å². The molecule has 0 fully saturated rings. The highest BCUT2D eigenvalue weighted by Gasteiger charge is 2.28. The Morgan fingerprint density at radius 3 is 2.54 bits per heavy atom. The number of rotatable bonds is 6. The van der Waals surface area contributed by atoms with Crippen molar-refractivity contribution in [2.24, 2.45) is 0 Å². The van der Waals surface area contributed by atoms with Crippen LogP contribution in [0.25, 0.3) is 0 Å². The molecule has 0 radical (unpaired) electrons. The van der Waals surface area contributed by atoms with Gasteiger partial charge in [0.25, 0.3) is 5.91 Å². The van der Waals surface area contributed by atoms with E-state index in [1.54, 1.807) is 37.3 Å². The molecule has 2 N–H and O–H groups in total. The van der Waals surface area contributed by atoms with E-state index in [1.807, 2.05) is 0 Å². The van der Waals surface area contributed by atoms with E-state index in [2.05, 4.69) is 10.5 Å². The Labute approximate surface area is 160 Å². The molecular weight excluding hydrogens is 364 g/mol. The van der Waals surface area contributed by atoms with Crippen LogP contribution in [-0.2, 0) is 9.53 Å². The number of nitrogens with zero attached hydrogens (tertiary/aromatic N) is 1. The van der Waals surface area contributed by atoms with Gasteiger partial charge in [0.2, 0.25) is 6.10 Å². The summed E-state index contributed by atoms with van der Waals surface area (Å²) in [5, 5.41) is 16.4. The summed E-state index contributed by atoms with van der Waals surface area (Å²) in [6, 6.07) is 14.4. The lowest BCUT2D eigenvalue weighted by Gasteiger charge is -2.18. The maximum atomic E-state index is 12.7. The lowest BCUT2D eigenvalue weighted by Crippen LogP contribution is -2.26. The van der Waals surface area contributed by atoms with Crippen molar-refractivity contribution >= 4 is 17.7 Å². The van der Waals surface area contributed by atoms with Crippen LogP contribution in [0.3, 0.4) is 0 Å². The van der Waals surface area contributed by atoms with E-state index < -0.39 is 18.0 Å². The second-order valence-corrected chi connectivity index (χ2v) is 5.86. The van der Waals surface area contributed by atoms with Gasteiger partial charge in [-0.25, -0.2) is 4.79 Å². The summed E-state index contributed by atoms with van der Waals surface area (Å²) in [7, 11) is 1.37. The smallest absolute Gasteiger partial charge is 0.343 e. The van der Waals surface area contributed by atoms with E-state index in [1.165, 1.54) is 31.4 Å². The number of nitrogens with one attached hydrogen (secondary N) is 1. The van der Waals surface area contributed by atoms with Gasteiger partial charge in [0.15, 0.2) is 17.3 Å². The number of hydrogen-bond donors (Lipinski definition) is 2. The van der Waals surface area contributed by atoms with Gasteiger partial charge >= 0.3 is 5.97 Å². The van der Waals surface area contributed by atoms with Crippen molar-refractivity contribution in [3.05, 3.63) is 71.5 Å². The molecule has 0 saturated heterocycles. The number of hydrogen-bond acceptors (Lipinski definition) is 7. The van der Waals surface area contributed by atoms with Crippen LogP contribution in [0, 0.1) is 6.92 Å². The number of anilines is 1. The van der Waals surface area contributed by atoms with Gasteiger partial charge in [0.05, 0.1) is 7.11 Å². The van der Waals surface area contributed by atoms with Gasteiger partial charge in [-0.05, 0) is 19.1 Å². The van der Waals surface area contributed by atoms with Crippen molar-refractivity contribution in [3.63, 3.8) is 0 Å². The standard InChI is InChI=1S/C20H18N2O6/c1-12-11-16(22-28-12)21-19(24)18(13-7-4-3-5-8-13)27-20(25)14-9-6-10-15(26-2)17(14)23/h3-11,18,23H,1-2H3,(H,21,22,24)/t18-/m1/s1. The Morgan fingerprint density at radius 2 is 1.89 bits per heavy atom. The first-order valence-electron chi connectivity index (χ1n) is 8.35. The molecule has 8 heteroatoms. The second kappa shape index (κ2) is 8.26. The SMILES string of the molecule is COc1cccc(C(=O)O[C@@H](C(=O)Nc2cc(C)on2)c2ccccc2)c1O. The van der Waals surface area contributed by atoms with E-state index in [9.17, 15) is 14.7 Å². The summed E-state index contributed by atoms with van der Waals surface area (Å²) in [4.78, 5) is 25.4. The van der Waals surface area contributed by atoms with Crippen molar-refractivity contribution < 1.29 is 28.7 Å². The van der Waals surface area contributed by atoms with E-state index in [0.29, 0.717) is 11.3 Å². The number of benzene rings is 2. The lowest BCUT2D eigenvalue weighted by molar-refractivity contribution is -0.125. The van der Waals surface area contributed by atoms with Crippen molar-refractivity contribution in [2.75, 3.05) is 12.4 Å². The lowest BCUT2D eigenvalue weighted by atomic mass is 10.1. The van der Waals surface area contributed by atoms with E-state index in [0.717, 1.165) is 0 Å². The topological polar surface area (TPSA) is 111 Å². The molecule has 0 aliphatic carbocycles. The average Bonchev–Trinajstić information content (AvgIpc) is 3.11. The molecule has 0 spiro atoms. The number of aromatic hydroxyl groups is 1. The molecule has 144 valence electrons. The fourth-order valence-electron chi connectivity index (χ4n) is 2.54. The minimum absolute atomic E-state index is 0.119. The van der Waals surface area contributed by atoms with Crippen molar-refractivity contribution in [2.45, 2.75) is 13.0 Å². The van der Waals surface area contributed by atoms with Crippen LogP contribution in [-0.4, -0.2) is 29.2 Å². The largest absolute Gasteiger partial charge is 0.504 e. The fraction of sp³-hybridized carbons (Fsp3) is 0.150. The molecule has 0 aliphatic heterocycles. The number of phenolic OH excluding ortho intramolecular Hbond substituents is 1. The Kier molecular flexibility index (Phi) is 5.59. The van der Waals surface area contributed by atoms with Gasteiger partial charge in [-0.3, -0.25) is 4.79 Å². The highest BCUT2D eigenvalue weighted by atomic mass is 16.5. The molecule has 2 aromatic carbocycles. The Hall–Kier alpha value is -3.81. The minimum atomic E-state index is -1.27. The molecule has 0 saturated carbocycles. The molecule has 8 nitrogen and oxygen atoms in total. The van der Waals surface area contributed by atoms with Crippen molar-refractivity contribution in [1.82, 2.24) is 5.16 Å². The zero-order chi connectivity index (χ0) is 20.1. The van der Waals surface area contributed by atoms with Gasteiger partial charge in [-0.15, -0.1) is 0 Å². The van der Waals surface area contributed by atoms with Crippen molar-refractivity contribution in [1.29, 1.82) is 0 Å². The molecule has 0 aliphatic rings. The number of carbonyl (C=O) groups excluding carboxylic acids is 2. The first kappa shape index (κ1) is 19.0. The van der Waals surface area contributed by atoms with Gasteiger partial charge in [-0.1, -0.05) is 41.6 Å². The first-order valence-corrected chi connectivity index (χ1v) is 8.35. The summed E-state index contributed by atoms with van der Waals surface area (Å²) >= 11 is 0. The summed E-state index contributed by atoms with van der Waals surface area (Å²) in [5.41, 5.74) is 0.335. The van der Waals surface area contributed by atoms with Gasteiger partial charge < -0.3 is 24.4 Å². The normalized spacial score (nSPS) is 11.5. The van der Waals surface area contributed by atoms with Crippen LogP contribution in [0.5, 0.6) is 11.5 Å². The number of aryl methyl sites for hydroxylation is 1. The van der Waals surface area contributed by atoms with Gasteiger partial charge in [-0.2, -0.15) is 0 Å². The number of para-hydroxylation sites is 1. The molecule has 1 atom stereocenters. The third-order valence-corrected chi connectivity index (χ3v) is 3.88. The Morgan fingerprint density at radius 1 is 1.14 bits per heavy atom. The zero-order valence-corrected chi connectivity index (χ0v) is 15.2. The second-order valence-electron chi connectivity index (χ2n) is 5.86. The third kappa shape index (κ3) is 4.12. The van der Waals surface area contributed by atoms with Crippen LogP contribution in [0.15, 0.2) is 59.1 Å². The molecule has 3 rings (SSSR count). The zero-order valence-electron chi connectivity index (χ0n) is 15.2. The van der Waals surface area contributed by atoms with E-state index in [-0.39, 0.29) is 22.9 Å². The number of ether oxygens (including phenoxy) is 2. The first-order chi connectivity index (χ1) is 13.5. The maximum Gasteiger partial charge on any atom is 0.343 e. The Balaban J connectivity index is 1.87. The highest BCUT2D eigenvalue weighted by Crippen LogP contribution is 2.31. The van der Waals surface area contributed by atoms with Crippen LogP contribution < -0.4 is 10.1 Å². The number of carbonyl (C=O) groups is 2. The number of phenols is 1. The minimum Gasteiger partial charge on any atom is -0.504 e. The molecule has 1 amide bonds. The molecule has 1 heterocycles. The predicted molar refractivity (Wildman–Crippen MR) is 99.1 cm³/mol. The van der Waals surface area contributed by atoms with E-state index >= 15 is 0 Å². The van der Waals surface area contributed by atoms with Gasteiger partial charge in [0, 0.05) is 11.6 Å². The maximum absolute atomic E-state index is 12.7. The molecule has 0 unspecified atom stereocenters. The molecular formula is C20H18N2O6. The van der Waals surface area contributed by atoms with Crippen LogP contribution >= 0.6 is 0 Å². The van der Waals surface area contributed by atoms with Crippen LogP contribution in [0.2, 0.25) is 0 Å². The number of amides is 1. The molecule has 0 bridgehead atoms.